The molecule has 1 aliphatic carbocycles. The lowest BCUT2D eigenvalue weighted by molar-refractivity contribution is 0.0210. The van der Waals surface area contributed by atoms with Crippen molar-refractivity contribution >= 4 is 22.1 Å². The molecule has 150 valence electrons. The number of fused-ring (bicyclic) bond motifs is 3. The van der Waals surface area contributed by atoms with Crippen LogP contribution >= 0.6 is 0 Å². The second kappa shape index (κ2) is 7.97. The van der Waals surface area contributed by atoms with Crippen molar-refractivity contribution in [2.24, 2.45) is 0 Å². The Balaban J connectivity index is 1.48. The van der Waals surface area contributed by atoms with Gasteiger partial charge in [0.15, 0.2) is 0 Å². The summed E-state index contributed by atoms with van der Waals surface area (Å²) in [6, 6.07) is 12.4. The summed E-state index contributed by atoms with van der Waals surface area (Å²) >= 11 is 0. The zero-order valence-electron chi connectivity index (χ0n) is 16.4. The highest BCUT2D eigenvalue weighted by molar-refractivity contribution is 6.01. The standard InChI is InChI=1S/C23H26N4O2/c28-20(15-29-14-16-7-3-1-4-8-16)23-26-19-13-25-22-18(11-12-24-22)21(19)27(23)17-9-5-2-6-10-17/h1,3-4,7-8,11-13,17,20,28H,2,5-6,9-10,14-15H2,(H,24,25)/t20-/m1/s1. The van der Waals surface area contributed by atoms with Gasteiger partial charge in [-0.05, 0) is 24.5 Å². The Hall–Kier alpha value is -2.70. The van der Waals surface area contributed by atoms with Crippen LogP contribution < -0.4 is 0 Å². The molecule has 1 aliphatic rings. The molecule has 6 nitrogen and oxygen atoms in total. The van der Waals surface area contributed by atoms with E-state index in [2.05, 4.69) is 14.5 Å². The maximum atomic E-state index is 11.0. The monoisotopic (exact) mass is 390 g/mol. The van der Waals surface area contributed by atoms with Gasteiger partial charge in [-0.2, -0.15) is 0 Å². The van der Waals surface area contributed by atoms with E-state index in [4.69, 9.17) is 9.72 Å². The van der Waals surface area contributed by atoms with E-state index in [-0.39, 0.29) is 6.61 Å². The summed E-state index contributed by atoms with van der Waals surface area (Å²) in [6.45, 7) is 0.694. The van der Waals surface area contributed by atoms with Crippen LogP contribution in [0.3, 0.4) is 0 Å². The Morgan fingerprint density at radius 1 is 1.14 bits per heavy atom. The van der Waals surface area contributed by atoms with E-state index in [9.17, 15) is 5.11 Å². The Morgan fingerprint density at radius 3 is 2.79 bits per heavy atom. The van der Waals surface area contributed by atoms with Crippen molar-refractivity contribution in [2.45, 2.75) is 50.9 Å². The van der Waals surface area contributed by atoms with E-state index in [0.29, 0.717) is 18.5 Å². The van der Waals surface area contributed by atoms with Gasteiger partial charge in [0.25, 0.3) is 0 Å². The van der Waals surface area contributed by atoms with Crippen molar-refractivity contribution in [3.8, 4) is 0 Å². The highest BCUT2D eigenvalue weighted by atomic mass is 16.5. The first-order valence-electron chi connectivity index (χ1n) is 10.4. The van der Waals surface area contributed by atoms with Crippen molar-refractivity contribution in [1.82, 2.24) is 19.5 Å². The number of rotatable bonds is 6. The van der Waals surface area contributed by atoms with E-state index in [1.807, 2.05) is 42.6 Å². The molecule has 0 spiro atoms. The molecule has 0 aliphatic heterocycles. The first-order valence-corrected chi connectivity index (χ1v) is 10.4. The van der Waals surface area contributed by atoms with Gasteiger partial charge in [0.05, 0.1) is 24.9 Å². The summed E-state index contributed by atoms with van der Waals surface area (Å²) in [4.78, 5) is 12.5. The number of nitrogens with one attached hydrogen (secondary N) is 1. The van der Waals surface area contributed by atoms with E-state index in [1.165, 1.54) is 19.3 Å². The molecule has 1 aromatic carbocycles. The number of ether oxygens (including phenoxy) is 1. The van der Waals surface area contributed by atoms with Crippen LogP contribution in [-0.4, -0.2) is 31.2 Å². The number of benzene rings is 1. The molecule has 1 saturated carbocycles. The number of imidazole rings is 1. The number of aliphatic hydroxyl groups excluding tert-OH is 1. The van der Waals surface area contributed by atoms with Crippen LogP contribution in [0.2, 0.25) is 0 Å². The lowest BCUT2D eigenvalue weighted by Gasteiger charge is -2.27. The largest absolute Gasteiger partial charge is 0.383 e. The third-order valence-electron chi connectivity index (χ3n) is 5.89. The highest BCUT2D eigenvalue weighted by Crippen LogP contribution is 2.36. The van der Waals surface area contributed by atoms with Gasteiger partial charge < -0.3 is 19.4 Å². The topological polar surface area (TPSA) is 76.0 Å². The molecule has 0 saturated heterocycles. The summed E-state index contributed by atoms with van der Waals surface area (Å²) in [5, 5.41) is 12.1. The van der Waals surface area contributed by atoms with Crippen molar-refractivity contribution in [2.75, 3.05) is 6.61 Å². The predicted molar refractivity (Wildman–Crippen MR) is 113 cm³/mol. The summed E-state index contributed by atoms with van der Waals surface area (Å²) in [5.74, 6) is 0.690. The average Bonchev–Trinajstić information content (AvgIpc) is 3.39. The van der Waals surface area contributed by atoms with Gasteiger partial charge in [-0.1, -0.05) is 49.6 Å². The van der Waals surface area contributed by atoms with Crippen molar-refractivity contribution in [3.63, 3.8) is 0 Å². The Labute approximate surface area is 169 Å². The summed E-state index contributed by atoms with van der Waals surface area (Å²) in [5.41, 5.74) is 3.86. The van der Waals surface area contributed by atoms with Gasteiger partial charge in [-0.15, -0.1) is 0 Å². The molecule has 1 atom stereocenters. The number of aliphatic hydroxyl groups is 1. The van der Waals surface area contributed by atoms with E-state index >= 15 is 0 Å². The van der Waals surface area contributed by atoms with Crippen LogP contribution in [0, 0.1) is 0 Å². The number of aromatic nitrogens is 4. The molecule has 29 heavy (non-hydrogen) atoms. The van der Waals surface area contributed by atoms with Crippen LogP contribution in [0.4, 0.5) is 0 Å². The first kappa shape index (κ1) is 18.3. The van der Waals surface area contributed by atoms with E-state index in [0.717, 1.165) is 40.5 Å². The number of aromatic amines is 1. The zero-order valence-corrected chi connectivity index (χ0v) is 16.4. The van der Waals surface area contributed by atoms with Gasteiger partial charge in [0.2, 0.25) is 0 Å². The average molecular weight is 390 g/mol. The molecular formula is C23H26N4O2. The lowest BCUT2D eigenvalue weighted by atomic mass is 9.95. The van der Waals surface area contributed by atoms with Crippen molar-refractivity contribution < 1.29 is 9.84 Å². The predicted octanol–water partition coefficient (Wildman–Crippen LogP) is 4.67. The fraction of sp³-hybridized carbons (Fsp3) is 0.391. The second-order valence-electron chi connectivity index (χ2n) is 7.88. The molecule has 0 amide bonds. The van der Waals surface area contributed by atoms with Crippen molar-refractivity contribution in [3.05, 3.63) is 60.2 Å². The normalized spacial score (nSPS) is 16.6. The molecule has 3 aromatic heterocycles. The third-order valence-corrected chi connectivity index (χ3v) is 5.89. The molecule has 2 N–H and O–H groups in total. The van der Waals surface area contributed by atoms with E-state index in [1.54, 1.807) is 6.20 Å². The third kappa shape index (κ3) is 3.54. The molecule has 0 bridgehead atoms. The van der Waals surface area contributed by atoms with Crippen molar-refractivity contribution in [1.29, 1.82) is 0 Å². The molecule has 1 fully saturated rings. The first-order chi connectivity index (χ1) is 14.3. The SMILES string of the molecule is O[C@H](COCc1ccccc1)c1nc2cnc3[nH]ccc3c2n1C1CCCCC1. The van der Waals surface area contributed by atoms with Gasteiger partial charge in [-0.25, -0.2) is 9.97 Å². The number of nitrogens with zero attached hydrogens (tertiary/aromatic N) is 3. The maximum absolute atomic E-state index is 11.0. The van der Waals surface area contributed by atoms with Gasteiger partial charge in [0.1, 0.15) is 23.1 Å². The summed E-state index contributed by atoms with van der Waals surface area (Å²) < 4.78 is 8.09. The van der Waals surface area contributed by atoms with Crippen LogP contribution in [0.1, 0.15) is 55.6 Å². The Kier molecular flexibility index (Phi) is 5.04. The molecule has 3 heterocycles. The minimum atomic E-state index is -0.776. The van der Waals surface area contributed by atoms with E-state index < -0.39 is 6.10 Å². The molecule has 0 radical (unpaired) electrons. The summed E-state index contributed by atoms with van der Waals surface area (Å²) in [6.07, 6.45) is 8.87. The summed E-state index contributed by atoms with van der Waals surface area (Å²) in [7, 11) is 0. The van der Waals surface area contributed by atoms with Gasteiger partial charge in [0, 0.05) is 17.6 Å². The van der Waals surface area contributed by atoms with Crippen LogP contribution in [0.5, 0.6) is 0 Å². The number of pyridine rings is 1. The fourth-order valence-corrected chi connectivity index (χ4v) is 4.49. The Morgan fingerprint density at radius 2 is 1.97 bits per heavy atom. The quantitative estimate of drug-likeness (QED) is 0.502. The second-order valence-corrected chi connectivity index (χ2v) is 7.88. The number of H-pyrrole nitrogens is 1. The smallest absolute Gasteiger partial charge is 0.141 e. The minimum Gasteiger partial charge on any atom is -0.383 e. The number of hydrogen-bond acceptors (Lipinski definition) is 4. The lowest BCUT2D eigenvalue weighted by Crippen LogP contribution is -2.20. The molecule has 0 unspecified atom stereocenters. The minimum absolute atomic E-state index is 0.217. The maximum Gasteiger partial charge on any atom is 0.141 e. The molecule has 6 heteroatoms. The number of hydrogen-bond donors (Lipinski definition) is 2. The molecular weight excluding hydrogens is 364 g/mol. The Bertz CT molecular complexity index is 1100. The van der Waals surface area contributed by atoms with Gasteiger partial charge in [-0.3, -0.25) is 0 Å². The fourth-order valence-electron chi connectivity index (χ4n) is 4.49. The molecule has 4 aromatic rings. The van der Waals surface area contributed by atoms with Crippen LogP contribution in [-0.2, 0) is 11.3 Å². The van der Waals surface area contributed by atoms with Crippen LogP contribution in [0.15, 0.2) is 48.8 Å². The molecule has 5 rings (SSSR count). The van der Waals surface area contributed by atoms with Crippen LogP contribution in [0.25, 0.3) is 22.1 Å². The highest BCUT2D eigenvalue weighted by Gasteiger charge is 2.26. The zero-order chi connectivity index (χ0) is 19.6. The van der Waals surface area contributed by atoms with Gasteiger partial charge >= 0.3 is 0 Å².